The Morgan fingerprint density at radius 2 is 1.41 bits per heavy atom. The Hall–Kier alpha value is -3.12. The van der Waals surface area contributed by atoms with E-state index in [-0.39, 0.29) is 16.5 Å². The third-order valence-electron chi connectivity index (χ3n) is 4.39. The number of para-hydroxylation sites is 2. The van der Waals surface area contributed by atoms with Crippen molar-refractivity contribution in [2.24, 2.45) is 0 Å². The summed E-state index contributed by atoms with van der Waals surface area (Å²) in [7, 11) is -4.08. The maximum atomic E-state index is 13.2. The lowest BCUT2D eigenvalue weighted by molar-refractivity contribution is -0.119. The molecule has 150 valence electrons. The Balaban J connectivity index is 1.93. The molecule has 0 saturated heterocycles. The van der Waals surface area contributed by atoms with E-state index in [1.165, 1.54) is 12.1 Å². The Labute approximate surface area is 171 Å². The van der Waals surface area contributed by atoms with Gasteiger partial charge in [-0.05, 0) is 41.8 Å². The van der Waals surface area contributed by atoms with Crippen LogP contribution < -0.4 is 9.04 Å². The van der Waals surface area contributed by atoms with Crippen molar-refractivity contribution in [3.8, 4) is 5.75 Å². The molecule has 0 heterocycles. The molecule has 0 radical (unpaired) electrons. The zero-order valence-corrected chi connectivity index (χ0v) is 17.2. The van der Waals surface area contributed by atoms with Crippen LogP contribution in [-0.4, -0.2) is 20.9 Å². The molecular weight excluding hydrogens is 386 g/mol. The van der Waals surface area contributed by atoms with Crippen LogP contribution in [0.5, 0.6) is 5.75 Å². The number of ether oxygens (including phenoxy) is 1. The van der Waals surface area contributed by atoms with Crippen molar-refractivity contribution >= 4 is 21.6 Å². The molecule has 0 N–H and O–H groups in total. The minimum absolute atomic E-state index is 0.0415. The number of nitrogens with zero attached hydrogens (tertiary/aromatic N) is 1. The largest absolute Gasteiger partial charge is 0.483 e. The number of benzene rings is 3. The number of hydrogen-bond acceptors (Lipinski definition) is 4. The van der Waals surface area contributed by atoms with Gasteiger partial charge in [-0.25, -0.2) is 8.42 Å². The van der Waals surface area contributed by atoms with Gasteiger partial charge >= 0.3 is 0 Å². The summed E-state index contributed by atoms with van der Waals surface area (Å²) in [5.41, 5.74) is 1.22. The summed E-state index contributed by atoms with van der Waals surface area (Å²) in [6.45, 7) is 3.66. The highest BCUT2D eigenvalue weighted by atomic mass is 32.2. The topological polar surface area (TPSA) is 63.7 Å². The van der Waals surface area contributed by atoms with Gasteiger partial charge in [0.2, 0.25) is 0 Å². The van der Waals surface area contributed by atoms with E-state index in [1.54, 1.807) is 54.6 Å². The van der Waals surface area contributed by atoms with Gasteiger partial charge in [-0.3, -0.25) is 4.79 Å². The second-order valence-corrected chi connectivity index (χ2v) is 8.58. The fraction of sp³-hybridized carbons (Fsp3) is 0.174. The van der Waals surface area contributed by atoms with Crippen molar-refractivity contribution in [3.63, 3.8) is 0 Å². The highest BCUT2D eigenvalue weighted by Crippen LogP contribution is 2.27. The highest BCUT2D eigenvalue weighted by molar-refractivity contribution is 7.93. The molecule has 0 aromatic heterocycles. The second-order valence-electron chi connectivity index (χ2n) is 6.79. The van der Waals surface area contributed by atoms with E-state index in [0.717, 1.165) is 9.87 Å². The number of amides is 1. The molecule has 29 heavy (non-hydrogen) atoms. The molecule has 0 aliphatic carbocycles. The number of rotatable bonds is 7. The van der Waals surface area contributed by atoms with Gasteiger partial charge in [0.15, 0.2) is 6.61 Å². The fourth-order valence-corrected chi connectivity index (χ4v) is 4.40. The first-order valence-electron chi connectivity index (χ1n) is 9.31. The van der Waals surface area contributed by atoms with Crippen LogP contribution in [0.4, 0.5) is 5.69 Å². The van der Waals surface area contributed by atoms with Gasteiger partial charge in [-0.1, -0.05) is 68.4 Å². The normalized spacial score (nSPS) is 11.3. The third kappa shape index (κ3) is 4.66. The van der Waals surface area contributed by atoms with E-state index < -0.39 is 22.5 Å². The lowest BCUT2D eigenvalue weighted by Crippen LogP contribution is -2.40. The summed E-state index contributed by atoms with van der Waals surface area (Å²) in [5, 5.41) is 0. The average molecular weight is 410 g/mol. The Bertz CT molecular complexity index is 1060. The molecule has 0 saturated carbocycles. The van der Waals surface area contributed by atoms with Crippen molar-refractivity contribution in [1.29, 1.82) is 0 Å². The number of carbonyl (C=O) groups is 1. The van der Waals surface area contributed by atoms with Gasteiger partial charge < -0.3 is 4.74 Å². The SMILES string of the molecule is CC(C)c1ccccc1OCC(=O)N(c1ccccc1)S(=O)(=O)c1ccccc1. The van der Waals surface area contributed by atoms with Crippen molar-refractivity contribution in [2.75, 3.05) is 10.9 Å². The first-order chi connectivity index (χ1) is 13.9. The van der Waals surface area contributed by atoms with Gasteiger partial charge in [0.1, 0.15) is 5.75 Å². The molecule has 3 aromatic carbocycles. The number of anilines is 1. The quantitative estimate of drug-likeness (QED) is 0.572. The summed E-state index contributed by atoms with van der Waals surface area (Å²) >= 11 is 0. The molecule has 0 unspecified atom stereocenters. The van der Waals surface area contributed by atoms with E-state index >= 15 is 0 Å². The number of sulfonamides is 1. The first-order valence-corrected chi connectivity index (χ1v) is 10.7. The predicted molar refractivity (Wildman–Crippen MR) is 114 cm³/mol. The van der Waals surface area contributed by atoms with Crippen LogP contribution in [0.2, 0.25) is 0 Å². The standard InChI is InChI=1S/C23H23NO4S/c1-18(2)21-15-9-10-16-22(21)28-17-23(25)24(19-11-5-3-6-12-19)29(26,27)20-13-7-4-8-14-20/h3-16,18H,17H2,1-2H3. The van der Waals surface area contributed by atoms with Gasteiger partial charge in [0.05, 0.1) is 10.6 Å². The van der Waals surface area contributed by atoms with E-state index in [2.05, 4.69) is 0 Å². The summed E-state index contributed by atoms with van der Waals surface area (Å²) in [4.78, 5) is 13.1. The molecule has 0 spiro atoms. The minimum Gasteiger partial charge on any atom is -0.483 e. The highest BCUT2D eigenvalue weighted by Gasteiger charge is 2.31. The molecule has 6 heteroatoms. The van der Waals surface area contributed by atoms with Crippen LogP contribution in [0.15, 0.2) is 89.8 Å². The van der Waals surface area contributed by atoms with Crippen LogP contribution in [-0.2, 0) is 14.8 Å². The van der Waals surface area contributed by atoms with Crippen molar-refractivity contribution in [1.82, 2.24) is 0 Å². The van der Waals surface area contributed by atoms with Crippen LogP contribution in [0.3, 0.4) is 0 Å². The van der Waals surface area contributed by atoms with Gasteiger partial charge in [-0.2, -0.15) is 4.31 Å². The van der Waals surface area contributed by atoms with Gasteiger partial charge in [0.25, 0.3) is 15.9 Å². The van der Waals surface area contributed by atoms with E-state index in [4.69, 9.17) is 4.74 Å². The van der Waals surface area contributed by atoms with Crippen LogP contribution in [0, 0.1) is 0 Å². The van der Waals surface area contributed by atoms with Gasteiger partial charge in [0, 0.05) is 0 Å². The molecule has 0 fully saturated rings. The van der Waals surface area contributed by atoms with Crippen LogP contribution in [0.1, 0.15) is 25.3 Å². The molecule has 1 amide bonds. The van der Waals surface area contributed by atoms with Crippen molar-refractivity contribution in [3.05, 3.63) is 90.5 Å². The zero-order valence-electron chi connectivity index (χ0n) is 16.4. The summed E-state index contributed by atoms with van der Waals surface area (Å²) in [6.07, 6.45) is 0. The lowest BCUT2D eigenvalue weighted by atomic mass is 10.0. The molecule has 0 bridgehead atoms. The zero-order chi connectivity index (χ0) is 20.9. The van der Waals surface area contributed by atoms with Crippen LogP contribution >= 0.6 is 0 Å². The lowest BCUT2D eigenvalue weighted by Gasteiger charge is -2.23. The first kappa shape index (κ1) is 20.6. The molecule has 0 aliphatic rings. The average Bonchev–Trinajstić information content (AvgIpc) is 2.74. The fourth-order valence-electron chi connectivity index (χ4n) is 2.97. The Morgan fingerprint density at radius 1 is 0.862 bits per heavy atom. The van der Waals surface area contributed by atoms with Crippen molar-refractivity contribution < 1.29 is 17.9 Å². The molecule has 0 atom stereocenters. The Kier molecular flexibility index (Phi) is 6.34. The Morgan fingerprint density at radius 3 is 2.03 bits per heavy atom. The summed E-state index contributed by atoms with van der Waals surface area (Å²) < 4.78 is 33.0. The number of carbonyl (C=O) groups excluding carboxylic acids is 1. The summed E-state index contributed by atoms with van der Waals surface area (Å²) in [6, 6.07) is 23.6. The third-order valence-corrected chi connectivity index (χ3v) is 6.15. The maximum absolute atomic E-state index is 13.2. The maximum Gasteiger partial charge on any atom is 0.278 e. The molecule has 0 aliphatic heterocycles. The van der Waals surface area contributed by atoms with Gasteiger partial charge in [-0.15, -0.1) is 0 Å². The van der Waals surface area contributed by atoms with E-state index in [0.29, 0.717) is 5.75 Å². The van der Waals surface area contributed by atoms with E-state index in [1.807, 2.05) is 32.0 Å². The molecular formula is C23H23NO4S. The molecule has 3 rings (SSSR count). The second kappa shape index (κ2) is 8.92. The minimum atomic E-state index is -4.08. The summed E-state index contributed by atoms with van der Waals surface area (Å²) in [5.74, 6) is 0.110. The molecule has 3 aromatic rings. The van der Waals surface area contributed by atoms with Crippen LogP contribution in [0.25, 0.3) is 0 Å². The number of hydrogen-bond donors (Lipinski definition) is 0. The monoisotopic (exact) mass is 409 g/mol. The molecule has 5 nitrogen and oxygen atoms in total. The smallest absolute Gasteiger partial charge is 0.278 e. The van der Waals surface area contributed by atoms with Crippen molar-refractivity contribution in [2.45, 2.75) is 24.7 Å². The van der Waals surface area contributed by atoms with E-state index in [9.17, 15) is 13.2 Å². The predicted octanol–water partition coefficient (Wildman–Crippen LogP) is 4.61.